The summed E-state index contributed by atoms with van der Waals surface area (Å²) < 4.78 is 0. The Kier molecular flexibility index (Phi) is 5.65. The first-order valence-corrected chi connectivity index (χ1v) is 9.43. The summed E-state index contributed by atoms with van der Waals surface area (Å²) in [7, 11) is 0. The molecule has 0 aromatic heterocycles. The number of nitrogens with one attached hydrogen (secondary N) is 1. The molecule has 3 fully saturated rings. The smallest absolute Gasteiger partial charge is 0.319 e. The fraction of sp³-hybridized carbons (Fsp3) is 0.824. The SMILES string of the molecule is NC(=O)N1CCCC(C(=O)NC2CCN(C(=O)N3CCCC3)CC2)C1. The Bertz CT molecular complexity index is 512. The van der Waals surface area contributed by atoms with Gasteiger partial charge in [-0.05, 0) is 38.5 Å². The largest absolute Gasteiger partial charge is 0.353 e. The molecule has 8 heteroatoms. The number of rotatable bonds is 2. The number of nitrogens with two attached hydrogens (primary N) is 1. The Morgan fingerprint density at radius 3 is 2.04 bits per heavy atom. The minimum absolute atomic E-state index is 0.00951. The molecular weight excluding hydrogens is 322 g/mol. The molecule has 0 aromatic rings. The lowest BCUT2D eigenvalue weighted by Crippen LogP contribution is -2.52. The number of carbonyl (C=O) groups excluding carboxylic acids is 3. The maximum absolute atomic E-state index is 12.5. The van der Waals surface area contributed by atoms with Gasteiger partial charge in [-0.1, -0.05) is 0 Å². The summed E-state index contributed by atoms with van der Waals surface area (Å²) >= 11 is 0. The Morgan fingerprint density at radius 2 is 1.40 bits per heavy atom. The van der Waals surface area contributed by atoms with Gasteiger partial charge in [-0.15, -0.1) is 0 Å². The van der Waals surface area contributed by atoms with E-state index in [1.807, 2.05) is 9.80 Å². The van der Waals surface area contributed by atoms with Crippen LogP contribution in [0.2, 0.25) is 0 Å². The van der Waals surface area contributed by atoms with Crippen LogP contribution in [0, 0.1) is 5.92 Å². The third-order valence-electron chi connectivity index (χ3n) is 5.59. The predicted molar refractivity (Wildman–Crippen MR) is 92.8 cm³/mol. The minimum Gasteiger partial charge on any atom is -0.353 e. The molecule has 3 aliphatic rings. The first-order chi connectivity index (χ1) is 12.0. The monoisotopic (exact) mass is 351 g/mol. The summed E-state index contributed by atoms with van der Waals surface area (Å²) in [6.07, 6.45) is 5.38. The Morgan fingerprint density at radius 1 is 0.800 bits per heavy atom. The van der Waals surface area contributed by atoms with Crippen molar-refractivity contribution in [2.75, 3.05) is 39.3 Å². The highest BCUT2D eigenvalue weighted by molar-refractivity contribution is 5.81. The van der Waals surface area contributed by atoms with E-state index < -0.39 is 6.03 Å². The third-order valence-corrected chi connectivity index (χ3v) is 5.59. The number of primary amides is 1. The summed E-state index contributed by atoms with van der Waals surface area (Å²) in [4.78, 5) is 41.6. The molecule has 0 saturated carbocycles. The second kappa shape index (κ2) is 7.93. The van der Waals surface area contributed by atoms with Crippen LogP contribution >= 0.6 is 0 Å². The molecule has 0 radical (unpaired) electrons. The molecular formula is C17H29N5O3. The molecule has 3 heterocycles. The highest BCUT2D eigenvalue weighted by Crippen LogP contribution is 2.19. The highest BCUT2D eigenvalue weighted by atomic mass is 16.2. The molecule has 0 bridgehead atoms. The Labute approximate surface area is 148 Å². The van der Waals surface area contributed by atoms with Crippen LogP contribution in [-0.4, -0.2) is 78.0 Å². The van der Waals surface area contributed by atoms with Gasteiger partial charge in [-0.25, -0.2) is 9.59 Å². The van der Waals surface area contributed by atoms with Crippen LogP contribution in [0.25, 0.3) is 0 Å². The van der Waals surface area contributed by atoms with Gasteiger partial charge in [0.05, 0.1) is 5.92 Å². The van der Waals surface area contributed by atoms with E-state index in [1.165, 1.54) is 0 Å². The average Bonchev–Trinajstić information content (AvgIpc) is 3.16. The number of carbonyl (C=O) groups is 3. The lowest BCUT2D eigenvalue weighted by Gasteiger charge is -2.36. The van der Waals surface area contributed by atoms with Crippen LogP contribution in [0.4, 0.5) is 9.59 Å². The van der Waals surface area contributed by atoms with Crippen LogP contribution in [0.15, 0.2) is 0 Å². The number of urea groups is 2. The first kappa shape index (κ1) is 17.8. The van der Waals surface area contributed by atoms with Crippen LogP contribution < -0.4 is 11.1 Å². The van der Waals surface area contributed by atoms with E-state index in [2.05, 4.69) is 5.32 Å². The highest BCUT2D eigenvalue weighted by Gasteiger charge is 2.31. The molecule has 1 atom stereocenters. The number of amides is 5. The normalized spacial score (nSPS) is 25.1. The van der Waals surface area contributed by atoms with E-state index in [-0.39, 0.29) is 23.9 Å². The van der Waals surface area contributed by atoms with Crippen LogP contribution in [0.3, 0.4) is 0 Å². The lowest BCUT2D eigenvalue weighted by atomic mass is 9.96. The van der Waals surface area contributed by atoms with E-state index in [4.69, 9.17) is 5.73 Å². The van der Waals surface area contributed by atoms with Gasteiger partial charge < -0.3 is 25.8 Å². The molecule has 3 aliphatic heterocycles. The number of piperidine rings is 2. The molecule has 140 valence electrons. The third kappa shape index (κ3) is 4.35. The van der Waals surface area contributed by atoms with E-state index in [9.17, 15) is 14.4 Å². The number of nitrogens with zero attached hydrogens (tertiary/aromatic N) is 3. The van der Waals surface area contributed by atoms with Crippen molar-refractivity contribution in [2.24, 2.45) is 11.7 Å². The molecule has 0 spiro atoms. The van der Waals surface area contributed by atoms with Gasteiger partial charge in [0.2, 0.25) is 5.91 Å². The van der Waals surface area contributed by atoms with Crippen molar-refractivity contribution in [3.63, 3.8) is 0 Å². The van der Waals surface area contributed by atoms with Crippen molar-refractivity contribution in [3.8, 4) is 0 Å². The molecule has 8 nitrogen and oxygen atoms in total. The summed E-state index contributed by atoms with van der Waals surface area (Å²) in [5, 5.41) is 3.11. The second-order valence-electron chi connectivity index (χ2n) is 7.37. The van der Waals surface area contributed by atoms with Gasteiger partial charge in [-0.2, -0.15) is 0 Å². The average molecular weight is 351 g/mol. The van der Waals surface area contributed by atoms with E-state index in [1.54, 1.807) is 4.90 Å². The number of hydrogen-bond donors (Lipinski definition) is 2. The minimum atomic E-state index is -0.453. The first-order valence-electron chi connectivity index (χ1n) is 9.43. The maximum Gasteiger partial charge on any atom is 0.319 e. The second-order valence-corrected chi connectivity index (χ2v) is 7.37. The van der Waals surface area contributed by atoms with Gasteiger partial charge in [0, 0.05) is 45.3 Å². The molecule has 3 rings (SSSR count). The summed E-state index contributed by atoms with van der Waals surface area (Å²) in [5.41, 5.74) is 5.32. The van der Waals surface area contributed by atoms with Crippen molar-refractivity contribution in [3.05, 3.63) is 0 Å². The van der Waals surface area contributed by atoms with Crippen molar-refractivity contribution >= 4 is 18.0 Å². The lowest BCUT2D eigenvalue weighted by molar-refractivity contribution is -0.127. The zero-order chi connectivity index (χ0) is 17.8. The fourth-order valence-electron chi connectivity index (χ4n) is 4.03. The molecule has 0 aromatic carbocycles. The van der Waals surface area contributed by atoms with Crippen LogP contribution in [0.5, 0.6) is 0 Å². The van der Waals surface area contributed by atoms with Crippen LogP contribution in [0.1, 0.15) is 38.5 Å². The van der Waals surface area contributed by atoms with E-state index >= 15 is 0 Å². The van der Waals surface area contributed by atoms with Gasteiger partial charge in [0.1, 0.15) is 0 Å². The van der Waals surface area contributed by atoms with E-state index in [0.29, 0.717) is 26.2 Å². The standard InChI is InChI=1S/C17H29N5O3/c18-16(24)22-9-3-4-13(12-22)15(23)19-14-5-10-21(11-6-14)17(25)20-7-1-2-8-20/h13-14H,1-12H2,(H2,18,24)(H,19,23). The van der Waals surface area contributed by atoms with Crippen molar-refractivity contribution in [1.82, 2.24) is 20.0 Å². The van der Waals surface area contributed by atoms with Crippen LogP contribution in [-0.2, 0) is 4.79 Å². The maximum atomic E-state index is 12.5. The zero-order valence-electron chi connectivity index (χ0n) is 14.8. The van der Waals surface area contributed by atoms with Gasteiger partial charge in [-0.3, -0.25) is 4.79 Å². The summed E-state index contributed by atoms with van der Waals surface area (Å²) in [5.74, 6) is -0.166. The molecule has 1 unspecified atom stereocenters. The number of likely N-dealkylation sites (tertiary alicyclic amines) is 3. The molecule has 3 saturated heterocycles. The Balaban J connectivity index is 1.43. The predicted octanol–water partition coefficient (Wildman–Crippen LogP) is 0.574. The van der Waals surface area contributed by atoms with Crippen molar-refractivity contribution in [2.45, 2.75) is 44.6 Å². The molecule has 5 amide bonds. The molecule has 25 heavy (non-hydrogen) atoms. The fourth-order valence-corrected chi connectivity index (χ4v) is 4.03. The summed E-state index contributed by atoms with van der Waals surface area (Å²) in [6.45, 7) is 4.17. The topological polar surface area (TPSA) is 99.0 Å². The number of hydrogen-bond acceptors (Lipinski definition) is 3. The quantitative estimate of drug-likeness (QED) is 0.761. The van der Waals surface area contributed by atoms with Gasteiger partial charge in [0.15, 0.2) is 0 Å². The van der Waals surface area contributed by atoms with E-state index in [0.717, 1.165) is 51.6 Å². The van der Waals surface area contributed by atoms with Gasteiger partial charge >= 0.3 is 12.1 Å². The Hall–Kier alpha value is -1.99. The summed E-state index contributed by atoms with van der Waals surface area (Å²) in [6, 6.07) is -0.197. The zero-order valence-corrected chi connectivity index (χ0v) is 14.8. The van der Waals surface area contributed by atoms with Crippen molar-refractivity contribution < 1.29 is 14.4 Å². The molecule has 0 aliphatic carbocycles. The van der Waals surface area contributed by atoms with Gasteiger partial charge in [0.25, 0.3) is 0 Å². The molecule has 3 N–H and O–H groups in total. The van der Waals surface area contributed by atoms with Crippen molar-refractivity contribution in [1.29, 1.82) is 0 Å².